The van der Waals surface area contributed by atoms with E-state index in [1.807, 2.05) is 0 Å². The summed E-state index contributed by atoms with van der Waals surface area (Å²) in [5.74, 6) is -0.125. The molecular formula is C11H9ClFN5O. The molecule has 0 spiro atoms. The Morgan fingerprint density at radius 1 is 1.26 bits per heavy atom. The Morgan fingerprint density at radius 3 is 2.68 bits per heavy atom. The molecule has 0 aliphatic rings. The maximum atomic E-state index is 12.6. The van der Waals surface area contributed by atoms with Crippen LogP contribution in [0.4, 0.5) is 20.6 Å². The number of amides is 2. The number of nitrogens with one attached hydrogen (secondary N) is 2. The van der Waals surface area contributed by atoms with Gasteiger partial charge in [-0.2, -0.15) is 4.39 Å². The predicted octanol–water partition coefficient (Wildman–Crippen LogP) is 2.62. The van der Waals surface area contributed by atoms with Gasteiger partial charge in [0.2, 0.25) is 5.95 Å². The van der Waals surface area contributed by atoms with E-state index in [4.69, 9.17) is 11.6 Å². The summed E-state index contributed by atoms with van der Waals surface area (Å²) in [7, 11) is 0. The van der Waals surface area contributed by atoms with Crippen molar-refractivity contribution in [2.24, 2.45) is 0 Å². The van der Waals surface area contributed by atoms with Gasteiger partial charge in [0.25, 0.3) is 0 Å². The highest BCUT2D eigenvalue weighted by atomic mass is 35.5. The lowest BCUT2D eigenvalue weighted by molar-refractivity contribution is 0.262. The number of hydrogen-bond acceptors (Lipinski definition) is 4. The minimum atomic E-state index is -0.624. The molecule has 0 fully saturated rings. The molecule has 2 amide bonds. The largest absolute Gasteiger partial charge is 0.323 e. The van der Waals surface area contributed by atoms with Crippen LogP contribution in [0.3, 0.4) is 0 Å². The molecule has 0 saturated carbocycles. The van der Waals surface area contributed by atoms with Crippen LogP contribution >= 0.6 is 11.6 Å². The van der Waals surface area contributed by atoms with Crippen LogP contribution in [0.1, 0.15) is 5.82 Å². The minimum Gasteiger partial charge on any atom is -0.306 e. The quantitative estimate of drug-likeness (QED) is 0.655. The Hall–Kier alpha value is -2.28. The van der Waals surface area contributed by atoms with Crippen molar-refractivity contribution in [3.05, 3.63) is 41.5 Å². The van der Waals surface area contributed by atoms with E-state index in [0.717, 1.165) is 6.07 Å². The Balaban J connectivity index is 2.03. The Bertz CT molecular complexity index is 605. The number of anilines is 2. The highest BCUT2D eigenvalue weighted by Gasteiger charge is 2.08. The van der Waals surface area contributed by atoms with Crippen molar-refractivity contribution in [3.63, 3.8) is 0 Å². The Kier molecular flexibility index (Phi) is 3.86. The number of carbonyl (C=O) groups is 1. The van der Waals surface area contributed by atoms with Crippen molar-refractivity contribution >= 4 is 29.0 Å². The van der Waals surface area contributed by atoms with E-state index in [2.05, 4.69) is 25.6 Å². The molecular weight excluding hydrogens is 273 g/mol. The molecule has 0 radical (unpaired) electrons. The van der Waals surface area contributed by atoms with E-state index in [0.29, 0.717) is 11.5 Å². The van der Waals surface area contributed by atoms with Gasteiger partial charge in [-0.25, -0.2) is 19.7 Å². The lowest BCUT2D eigenvalue weighted by atomic mass is 10.4. The molecule has 0 aliphatic carbocycles. The summed E-state index contributed by atoms with van der Waals surface area (Å²) in [6, 6.07) is 1.97. The standard InChI is InChI=1S/C11H9ClFN5O/c1-6-14-5-8(10(12)16-6)18-11(19)17-7-2-3-9(13)15-4-7/h2-5H,1H3,(H2,17,18,19). The third-order valence-electron chi connectivity index (χ3n) is 2.10. The second-order valence-electron chi connectivity index (χ2n) is 3.57. The minimum absolute atomic E-state index is 0.139. The van der Waals surface area contributed by atoms with Gasteiger partial charge in [-0.1, -0.05) is 11.6 Å². The van der Waals surface area contributed by atoms with E-state index in [-0.39, 0.29) is 10.8 Å². The van der Waals surface area contributed by atoms with Gasteiger partial charge in [0.1, 0.15) is 5.82 Å². The molecule has 0 aromatic carbocycles. The van der Waals surface area contributed by atoms with Crippen LogP contribution < -0.4 is 10.6 Å². The van der Waals surface area contributed by atoms with Crippen LogP contribution in [0.5, 0.6) is 0 Å². The molecule has 6 nitrogen and oxygen atoms in total. The lowest BCUT2D eigenvalue weighted by Gasteiger charge is -2.08. The monoisotopic (exact) mass is 281 g/mol. The van der Waals surface area contributed by atoms with Gasteiger partial charge in [0, 0.05) is 0 Å². The van der Waals surface area contributed by atoms with E-state index in [9.17, 15) is 9.18 Å². The zero-order chi connectivity index (χ0) is 13.8. The SMILES string of the molecule is Cc1ncc(NC(=O)Nc2ccc(F)nc2)c(Cl)n1. The number of aryl methyl sites for hydroxylation is 1. The highest BCUT2D eigenvalue weighted by Crippen LogP contribution is 2.17. The molecule has 2 heterocycles. The first-order valence-electron chi connectivity index (χ1n) is 5.23. The second-order valence-corrected chi connectivity index (χ2v) is 3.93. The van der Waals surface area contributed by atoms with Gasteiger partial charge in [0.05, 0.1) is 23.8 Å². The third kappa shape index (κ3) is 3.59. The second kappa shape index (κ2) is 5.57. The number of hydrogen-bond donors (Lipinski definition) is 2. The molecule has 0 bridgehead atoms. The number of aromatic nitrogens is 3. The zero-order valence-corrected chi connectivity index (χ0v) is 10.6. The zero-order valence-electron chi connectivity index (χ0n) is 9.82. The van der Waals surface area contributed by atoms with Crippen LogP contribution in [0, 0.1) is 12.9 Å². The van der Waals surface area contributed by atoms with Crippen molar-refractivity contribution in [1.29, 1.82) is 0 Å². The number of pyridine rings is 1. The maximum absolute atomic E-state index is 12.6. The first kappa shape index (κ1) is 13.2. The summed E-state index contributed by atoms with van der Waals surface area (Å²) >= 11 is 5.84. The van der Waals surface area contributed by atoms with Crippen LogP contribution in [-0.4, -0.2) is 21.0 Å². The molecule has 8 heteroatoms. The number of carbonyl (C=O) groups excluding carboxylic acids is 1. The summed E-state index contributed by atoms with van der Waals surface area (Å²) in [6.07, 6.45) is 2.59. The van der Waals surface area contributed by atoms with Gasteiger partial charge < -0.3 is 10.6 Å². The van der Waals surface area contributed by atoms with Crippen molar-refractivity contribution in [3.8, 4) is 0 Å². The first-order chi connectivity index (χ1) is 9.04. The average molecular weight is 282 g/mol. The van der Waals surface area contributed by atoms with Crippen molar-refractivity contribution < 1.29 is 9.18 Å². The molecule has 19 heavy (non-hydrogen) atoms. The van der Waals surface area contributed by atoms with Crippen LogP contribution in [0.15, 0.2) is 24.5 Å². The summed E-state index contributed by atoms with van der Waals surface area (Å²) in [6.45, 7) is 1.68. The summed E-state index contributed by atoms with van der Waals surface area (Å²) in [5, 5.41) is 5.08. The van der Waals surface area contributed by atoms with E-state index < -0.39 is 12.0 Å². The van der Waals surface area contributed by atoms with Crippen LogP contribution in [-0.2, 0) is 0 Å². The van der Waals surface area contributed by atoms with E-state index in [1.54, 1.807) is 6.92 Å². The topological polar surface area (TPSA) is 79.8 Å². The van der Waals surface area contributed by atoms with E-state index in [1.165, 1.54) is 18.5 Å². The normalized spacial score (nSPS) is 10.1. The molecule has 2 N–H and O–H groups in total. The van der Waals surface area contributed by atoms with Crippen LogP contribution in [0.2, 0.25) is 5.15 Å². The molecule has 2 rings (SSSR count). The smallest absolute Gasteiger partial charge is 0.306 e. The molecule has 2 aromatic heterocycles. The third-order valence-corrected chi connectivity index (χ3v) is 2.38. The van der Waals surface area contributed by atoms with Gasteiger partial charge >= 0.3 is 6.03 Å². The summed E-state index contributed by atoms with van der Waals surface area (Å²) in [5.41, 5.74) is 0.628. The van der Waals surface area contributed by atoms with E-state index >= 15 is 0 Å². The molecule has 0 atom stereocenters. The molecule has 0 unspecified atom stereocenters. The molecule has 0 aliphatic heterocycles. The average Bonchev–Trinajstić information content (AvgIpc) is 2.36. The summed E-state index contributed by atoms with van der Waals surface area (Å²) in [4.78, 5) is 22.9. The molecule has 2 aromatic rings. The first-order valence-corrected chi connectivity index (χ1v) is 5.61. The number of nitrogens with zero attached hydrogens (tertiary/aromatic N) is 3. The fourth-order valence-corrected chi connectivity index (χ4v) is 1.48. The number of halogens is 2. The number of urea groups is 1. The predicted molar refractivity (Wildman–Crippen MR) is 68.6 cm³/mol. The fraction of sp³-hybridized carbons (Fsp3) is 0.0909. The maximum Gasteiger partial charge on any atom is 0.323 e. The lowest BCUT2D eigenvalue weighted by Crippen LogP contribution is -2.20. The van der Waals surface area contributed by atoms with Crippen LogP contribution in [0.25, 0.3) is 0 Å². The Morgan fingerprint density at radius 2 is 2.05 bits per heavy atom. The molecule has 0 saturated heterocycles. The van der Waals surface area contributed by atoms with Crippen molar-refractivity contribution in [2.45, 2.75) is 6.92 Å². The van der Waals surface area contributed by atoms with Gasteiger partial charge in [-0.05, 0) is 19.1 Å². The fourth-order valence-electron chi connectivity index (χ4n) is 1.26. The molecule has 98 valence electrons. The van der Waals surface area contributed by atoms with Crippen molar-refractivity contribution in [1.82, 2.24) is 15.0 Å². The highest BCUT2D eigenvalue weighted by molar-refractivity contribution is 6.32. The van der Waals surface area contributed by atoms with Gasteiger partial charge in [0.15, 0.2) is 5.15 Å². The van der Waals surface area contributed by atoms with Gasteiger partial charge in [-0.15, -0.1) is 0 Å². The van der Waals surface area contributed by atoms with Crippen molar-refractivity contribution in [2.75, 3.05) is 10.6 Å². The van der Waals surface area contributed by atoms with Gasteiger partial charge in [-0.3, -0.25) is 0 Å². The summed E-state index contributed by atoms with van der Waals surface area (Å²) < 4.78 is 12.6. The Labute approximate surface area is 113 Å². The number of rotatable bonds is 2.